The molecule has 0 unspecified atom stereocenters. The molecular weight excluding hydrogens is 261 g/mol. The van der Waals surface area contributed by atoms with E-state index in [1.807, 2.05) is 0 Å². The number of carboxylic acid groups (broad SMARTS) is 1. The predicted molar refractivity (Wildman–Crippen MR) is 62.6 cm³/mol. The lowest BCUT2D eigenvalue weighted by molar-refractivity contribution is -0.141. The minimum absolute atomic E-state index is 0.00536. The van der Waals surface area contributed by atoms with Crippen LogP contribution in [-0.2, 0) is 16.1 Å². The monoisotopic (exact) mass is 271 g/mol. The molecule has 0 bridgehead atoms. The van der Waals surface area contributed by atoms with Crippen LogP contribution in [0.4, 0.5) is 4.39 Å². The molecular formula is C12H11ClFNO3. The van der Waals surface area contributed by atoms with Crippen molar-refractivity contribution in [1.82, 2.24) is 4.90 Å². The Morgan fingerprint density at radius 2 is 2.28 bits per heavy atom. The fourth-order valence-electron chi connectivity index (χ4n) is 1.95. The number of aliphatic carboxylic acids is 1. The van der Waals surface area contributed by atoms with Gasteiger partial charge >= 0.3 is 5.97 Å². The summed E-state index contributed by atoms with van der Waals surface area (Å²) in [5.74, 6) is -2.42. The van der Waals surface area contributed by atoms with E-state index in [2.05, 4.69) is 0 Å². The van der Waals surface area contributed by atoms with Crippen LogP contribution in [0.25, 0.3) is 0 Å². The Kier molecular flexibility index (Phi) is 3.52. The van der Waals surface area contributed by atoms with E-state index in [4.69, 9.17) is 16.7 Å². The van der Waals surface area contributed by atoms with Crippen LogP contribution in [0.15, 0.2) is 18.2 Å². The van der Waals surface area contributed by atoms with E-state index in [0.717, 1.165) is 0 Å². The zero-order chi connectivity index (χ0) is 13.3. The van der Waals surface area contributed by atoms with Gasteiger partial charge in [0.05, 0.1) is 10.9 Å². The highest BCUT2D eigenvalue weighted by molar-refractivity contribution is 6.30. The maximum absolute atomic E-state index is 13.2. The first-order chi connectivity index (χ1) is 8.47. The van der Waals surface area contributed by atoms with Crippen molar-refractivity contribution in [3.8, 4) is 0 Å². The van der Waals surface area contributed by atoms with E-state index < -0.39 is 17.7 Å². The summed E-state index contributed by atoms with van der Waals surface area (Å²) in [7, 11) is 0. The second kappa shape index (κ2) is 4.94. The Labute approximate surface area is 108 Å². The van der Waals surface area contributed by atoms with Gasteiger partial charge in [-0.05, 0) is 17.7 Å². The second-order valence-corrected chi connectivity index (χ2v) is 4.67. The van der Waals surface area contributed by atoms with Gasteiger partial charge in [-0.1, -0.05) is 17.7 Å². The smallest absolute Gasteiger partial charge is 0.308 e. The van der Waals surface area contributed by atoms with E-state index in [0.29, 0.717) is 5.56 Å². The minimum Gasteiger partial charge on any atom is -0.481 e. The quantitative estimate of drug-likeness (QED) is 0.914. The summed E-state index contributed by atoms with van der Waals surface area (Å²) in [5.41, 5.74) is 0.594. The normalized spacial score (nSPS) is 19.3. The van der Waals surface area contributed by atoms with Crippen molar-refractivity contribution >= 4 is 23.5 Å². The molecule has 0 radical (unpaired) electrons. The van der Waals surface area contributed by atoms with E-state index in [1.54, 1.807) is 6.07 Å². The number of carbonyl (C=O) groups excluding carboxylic acids is 1. The van der Waals surface area contributed by atoms with Crippen LogP contribution < -0.4 is 0 Å². The first kappa shape index (κ1) is 12.8. The first-order valence-corrected chi connectivity index (χ1v) is 5.79. The van der Waals surface area contributed by atoms with Gasteiger partial charge in [0, 0.05) is 19.5 Å². The maximum Gasteiger partial charge on any atom is 0.308 e. The summed E-state index contributed by atoms with van der Waals surface area (Å²) in [5, 5.41) is 8.86. The van der Waals surface area contributed by atoms with Crippen molar-refractivity contribution < 1.29 is 19.1 Å². The van der Waals surface area contributed by atoms with Gasteiger partial charge < -0.3 is 10.0 Å². The number of hydrogen-bond donors (Lipinski definition) is 1. The zero-order valence-electron chi connectivity index (χ0n) is 9.40. The molecule has 0 saturated carbocycles. The van der Waals surface area contributed by atoms with Gasteiger partial charge in [0.25, 0.3) is 0 Å². The third-order valence-corrected chi connectivity index (χ3v) is 3.23. The van der Waals surface area contributed by atoms with Crippen molar-refractivity contribution in [2.75, 3.05) is 6.54 Å². The lowest BCUT2D eigenvalue weighted by Crippen LogP contribution is -2.25. The molecule has 1 aromatic rings. The molecule has 1 aromatic carbocycles. The number of halogens is 2. The van der Waals surface area contributed by atoms with Crippen molar-refractivity contribution in [3.05, 3.63) is 34.6 Å². The lowest BCUT2D eigenvalue weighted by atomic mass is 10.1. The van der Waals surface area contributed by atoms with Crippen LogP contribution in [0.1, 0.15) is 12.0 Å². The molecule has 1 fully saturated rings. The molecule has 1 aliphatic heterocycles. The molecule has 18 heavy (non-hydrogen) atoms. The molecule has 6 heteroatoms. The Hall–Kier alpha value is -1.62. The molecule has 1 amide bonds. The highest BCUT2D eigenvalue weighted by atomic mass is 35.5. The van der Waals surface area contributed by atoms with Gasteiger partial charge in [-0.2, -0.15) is 0 Å². The van der Waals surface area contributed by atoms with Crippen LogP contribution in [-0.4, -0.2) is 28.4 Å². The maximum atomic E-state index is 13.2. The summed E-state index contributed by atoms with van der Waals surface area (Å²) in [6.45, 7) is 0.370. The minimum atomic E-state index is -0.979. The van der Waals surface area contributed by atoms with Crippen LogP contribution in [0.3, 0.4) is 0 Å². The van der Waals surface area contributed by atoms with Gasteiger partial charge in [0.1, 0.15) is 5.82 Å². The largest absolute Gasteiger partial charge is 0.481 e. The Balaban J connectivity index is 2.08. The number of carbonyl (C=O) groups is 2. The van der Waals surface area contributed by atoms with Crippen LogP contribution >= 0.6 is 11.6 Å². The average Bonchev–Trinajstić information content (AvgIpc) is 2.66. The molecule has 1 aliphatic rings. The van der Waals surface area contributed by atoms with Gasteiger partial charge in [0.15, 0.2) is 0 Å². The molecule has 4 nitrogen and oxygen atoms in total. The molecule has 0 spiro atoms. The number of rotatable bonds is 3. The number of carboxylic acids is 1. The fraction of sp³-hybridized carbons (Fsp3) is 0.333. The van der Waals surface area contributed by atoms with Crippen LogP contribution in [0.2, 0.25) is 5.02 Å². The highest BCUT2D eigenvalue weighted by Gasteiger charge is 2.34. The first-order valence-electron chi connectivity index (χ1n) is 5.42. The van der Waals surface area contributed by atoms with E-state index >= 15 is 0 Å². The fourth-order valence-corrected chi connectivity index (χ4v) is 2.07. The molecule has 1 saturated heterocycles. The number of nitrogens with zero attached hydrogens (tertiary/aromatic N) is 1. The van der Waals surface area contributed by atoms with Crippen LogP contribution in [0, 0.1) is 11.7 Å². The van der Waals surface area contributed by atoms with Gasteiger partial charge in [-0.15, -0.1) is 0 Å². The highest BCUT2D eigenvalue weighted by Crippen LogP contribution is 2.22. The molecule has 1 atom stereocenters. The number of likely N-dealkylation sites (tertiary alicyclic amines) is 1. The predicted octanol–water partition coefficient (Wildman–Crippen LogP) is 1.91. The Morgan fingerprint density at radius 1 is 1.56 bits per heavy atom. The van der Waals surface area contributed by atoms with E-state index in [9.17, 15) is 14.0 Å². The van der Waals surface area contributed by atoms with Crippen molar-refractivity contribution in [2.45, 2.75) is 13.0 Å². The van der Waals surface area contributed by atoms with Crippen LogP contribution in [0.5, 0.6) is 0 Å². The van der Waals surface area contributed by atoms with Gasteiger partial charge in [-0.3, -0.25) is 9.59 Å². The number of hydrogen-bond acceptors (Lipinski definition) is 2. The summed E-state index contributed by atoms with van der Waals surface area (Å²) in [4.78, 5) is 23.8. The molecule has 0 aromatic heterocycles. The molecule has 0 aliphatic carbocycles. The van der Waals surface area contributed by atoms with Crippen molar-refractivity contribution in [2.24, 2.45) is 5.92 Å². The van der Waals surface area contributed by atoms with E-state index in [1.165, 1.54) is 17.0 Å². The molecule has 2 rings (SSSR count). The second-order valence-electron chi connectivity index (χ2n) is 4.26. The van der Waals surface area contributed by atoms with Crippen molar-refractivity contribution in [1.29, 1.82) is 0 Å². The molecule has 96 valence electrons. The number of amides is 1. The third-order valence-electron chi connectivity index (χ3n) is 2.92. The third kappa shape index (κ3) is 2.61. The number of benzene rings is 1. The molecule has 1 N–H and O–H groups in total. The standard InChI is InChI=1S/C12H11ClFNO3/c13-9-2-1-7(3-10(9)14)5-15-6-8(12(17)18)4-11(15)16/h1-3,8H,4-6H2,(H,17,18)/t8-/m1/s1. The Morgan fingerprint density at radius 3 is 2.83 bits per heavy atom. The summed E-state index contributed by atoms with van der Waals surface area (Å²) in [6.07, 6.45) is 0.00536. The zero-order valence-corrected chi connectivity index (χ0v) is 10.2. The summed E-state index contributed by atoms with van der Waals surface area (Å²) >= 11 is 5.56. The summed E-state index contributed by atoms with van der Waals surface area (Å²) < 4.78 is 13.2. The Bertz CT molecular complexity index is 506. The van der Waals surface area contributed by atoms with Crippen molar-refractivity contribution in [3.63, 3.8) is 0 Å². The van der Waals surface area contributed by atoms with Gasteiger partial charge in [-0.25, -0.2) is 4.39 Å². The van der Waals surface area contributed by atoms with E-state index in [-0.39, 0.29) is 30.4 Å². The SMILES string of the molecule is O=C(O)[C@@H]1CC(=O)N(Cc2ccc(Cl)c(F)c2)C1. The lowest BCUT2D eigenvalue weighted by Gasteiger charge is -2.16. The summed E-state index contributed by atoms with van der Waals surface area (Å²) in [6, 6.07) is 4.29. The average molecular weight is 272 g/mol. The van der Waals surface area contributed by atoms with Gasteiger partial charge in [0.2, 0.25) is 5.91 Å². The molecule has 1 heterocycles. The topological polar surface area (TPSA) is 57.6 Å².